The fourth-order valence-electron chi connectivity index (χ4n) is 1.19. The minimum atomic E-state index is 0.128. The number of ketones is 1. The summed E-state index contributed by atoms with van der Waals surface area (Å²) in [6.07, 6.45) is 0.395. The van der Waals surface area contributed by atoms with E-state index in [2.05, 4.69) is 22.0 Å². The molecule has 2 nitrogen and oxygen atoms in total. The molecule has 0 aromatic heterocycles. The van der Waals surface area contributed by atoms with Crippen molar-refractivity contribution >= 4 is 21.7 Å². The smallest absolute Gasteiger partial charge is 0.147 e. The van der Waals surface area contributed by atoms with Gasteiger partial charge in [0.1, 0.15) is 5.78 Å². The molecule has 0 spiro atoms. The van der Waals surface area contributed by atoms with Gasteiger partial charge in [0, 0.05) is 6.42 Å². The monoisotopic (exact) mass is 251 g/mol. The molecule has 0 amide bonds. The van der Waals surface area contributed by atoms with E-state index in [0.717, 1.165) is 11.1 Å². The van der Waals surface area contributed by atoms with Crippen LogP contribution in [0.25, 0.3) is 0 Å². The highest BCUT2D eigenvalue weighted by molar-refractivity contribution is 9.09. The van der Waals surface area contributed by atoms with Crippen LogP contribution in [0.5, 0.6) is 0 Å². The maximum atomic E-state index is 11.2. The molecule has 0 fully saturated rings. The molecule has 1 aromatic rings. The molecule has 72 valence electrons. The summed E-state index contributed by atoms with van der Waals surface area (Å²) < 4.78 is 0. The third-order valence-corrected chi connectivity index (χ3v) is 2.64. The number of hydrogen-bond donors (Lipinski definition) is 0. The quantitative estimate of drug-likeness (QED) is 0.775. The summed E-state index contributed by atoms with van der Waals surface area (Å²) in [6.45, 7) is 1.94. The molecule has 0 aliphatic rings. The lowest BCUT2D eigenvalue weighted by molar-refractivity contribution is -0.115. The van der Waals surface area contributed by atoms with Gasteiger partial charge in [0.05, 0.1) is 17.0 Å². The summed E-state index contributed by atoms with van der Waals surface area (Å²) in [5, 5.41) is 9.06. The number of nitriles is 1. The normalized spacial score (nSPS) is 9.50. The van der Waals surface area contributed by atoms with E-state index in [1.54, 1.807) is 12.1 Å². The molecule has 3 heteroatoms. The van der Waals surface area contributed by atoms with E-state index in [9.17, 15) is 4.79 Å². The SMILES string of the molecule is Cc1ccc(C#N)cc1CC(=O)CBr. The number of carbonyl (C=O) groups excluding carboxylic acids is 1. The Bertz CT molecular complexity index is 393. The summed E-state index contributed by atoms with van der Waals surface area (Å²) in [4.78, 5) is 11.2. The van der Waals surface area contributed by atoms with Crippen LogP contribution >= 0.6 is 15.9 Å². The first-order valence-corrected chi connectivity index (χ1v) is 5.37. The number of carbonyl (C=O) groups is 1. The van der Waals surface area contributed by atoms with Gasteiger partial charge < -0.3 is 0 Å². The Morgan fingerprint density at radius 1 is 1.57 bits per heavy atom. The fraction of sp³-hybridized carbons (Fsp3) is 0.273. The van der Waals surface area contributed by atoms with Crippen molar-refractivity contribution in [3.63, 3.8) is 0 Å². The number of aryl methyl sites for hydroxylation is 1. The Morgan fingerprint density at radius 2 is 2.29 bits per heavy atom. The first kappa shape index (κ1) is 10.9. The Hall–Kier alpha value is -1.14. The van der Waals surface area contributed by atoms with Gasteiger partial charge in [-0.15, -0.1) is 0 Å². The number of rotatable bonds is 3. The lowest BCUT2D eigenvalue weighted by Crippen LogP contribution is -2.05. The Labute approximate surface area is 91.7 Å². The second-order valence-corrected chi connectivity index (χ2v) is 3.66. The topological polar surface area (TPSA) is 40.9 Å². The minimum Gasteiger partial charge on any atom is -0.298 e. The van der Waals surface area contributed by atoms with Crippen molar-refractivity contribution in [1.82, 2.24) is 0 Å². The molecule has 1 aromatic carbocycles. The van der Waals surface area contributed by atoms with Gasteiger partial charge in [-0.3, -0.25) is 4.79 Å². The summed E-state index contributed by atoms with van der Waals surface area (Å²) in [6, 6.07) is 7.47. The van der Waals surface area contributed by atoms with Gasteiger partial charge in [0.2, 0.25) is 0 Å². The third-order valence-electron chi connectivity index (χ3n) is 2.01. The Balaban J connectivity index is 2.96. The predicted octanol–water partition coefficient (Wildman–Crippen LogP) is 2.37. The number of nitrogens with zero attached hydrogens (tertiary/aromatic N) is 1. The van der Waals surface area contributed by atoms with Crippen LogP contribution in [0.15, 0.2) is 18.2 Å². The van der Waals surface area contributed by atoms with Crippen molar-refractivity contribution in [3.05, 3.63) is 34.9 Å². The largest absolute Gasteiger partial charge is 0.298 e. The number of halogens is 1. The first-order chi connectivity index (χ1) is 6.67. The molecule has 1 rings (SSSR count). The number of hydrogen-bond acceptors (Lipinski definition) is 2. The van der Waals surface area contributed by atoms with E-state index in [0.29, 0.717) is 17.3 Å². The van der Waals surface area contributed by atoms with E-state index >= 15 is 0 Å². The van der Waals surface area contributed by atoms with Gasteiger partial charge in [-0.1, -0.05) is 22.0 Å². The number of benzene rings is 1. The van der Waals surface area contributed by atoms with Gasteiger partial charge in [-0.05, 0) is 30.2 Å². The van der Waals surface area contributed by atoms with E-state index in [1.807, 2.05) is 13.0 Å². The molecule has 0 N–H and O–H groups in total. The van der Waals surface area contributed by atoms with Crippen LogP contribution in [0.4, 0.5) is 0 Å². The predicted molar refractivity (Wildman–Crippen MR) is 58.4 cm³/mol. The first-order valence-electron chi connectivity index (χ1n) is 4.24. The molecule has 0 saturated heterocycles. The second-order valence-electron chi connectivity index (χ2n) is 3.10. The van der Waals surface area contributed by atoms with Crippen molar-refractivity contribution in [2.75, 3.05) is 5.33 Å². The van der Waals surface area contributed by atoms with Crippen LogP contribution in [0.3, 0.4) is 0 Å². The highest BCUT2D eigenvalue weighted by Crippen LogP contribution is 2.12. The molecule has 0 unspecified atom stereocenters. The van der Waals surface area contributed by atoms with Crippen LogP contribution in [-0.4, -0.2) is 11.1 Å². The standard InChI is InChI=1S/C11H10BrNO/c1-8-2-3-9(7-13)4-10(8)5-11(14)6-12/h2-4H,5-6H2,1H3. The van der Waals surface area contributed by atoms with Crippen molar-refractivity contribution in [2.45, 2.75) is 13.3 Å². The van der Waals surface area contributed by atoms with Gasteiger partial charge >= 0.3 is 0 Å². The molecule has 0 bridgehead atoms. The van der Waals surface area contributed by atoms with Gasteiger partial charge in [0.25, 0.3) is 0 Å². The van der Waals surface area contributed by atoms with Crippen molar-refractivity contribution in [3.8, 4) is 6.07 Å². The number of alkyl halides is 1. The minimum absolute atomic E-state index is 0.128. The number of Topliss-reactive ketones (excluding diaryl/α,β-unsaturated/α-hetero) is 1. The summed E-state index contributed by atoms with van der Waals surface area (Å²) in [5.41, 5.74) is 2.60. The highest BCUT2D eigenvalue weighted by atomic mass is 79.9. The summed E-state index contributed by atoms with van der Waals surface area (Å²) in [5.74, 6) is 0.128. The molecule has 0 radical (unpaired) electrons. The van der Waals surface area contributed by atoms with Crippen LogP contribution in [0.1, 0.15) is 16.7 Å². The lowest BCUT2D eigenvalue weighted by atomic mass is 10.0. The van der Waals surface area contributed by atoms with E-state index in [-0.39, 0.29) is 5.78 Å². The highest BCUT2D eigenvalue weighted by Gasteiger charge is 2.05. The van der Waals surface area contributed by atoms with Crippen molar-refractivity contribution in [1.29, 1.82) is 5.26 Å². The maximum absolute atomic E-state index is 11.2. The van der Waals surface area contributed by atoms with E-state index in [4.69, 9.17) is 5.26 Å². The van der Waals surface area contributed by atoms with E-state index < -0.39 is 0 Å². The average Bonchev–Trinajstić information content (AvgIpc) is 2.21. The van der Waals surface area contributed by atoms with Crippen molar-refractivity contribution in [2.24, 2.45) is 0 Å². The molecule has 0 aliphatic heterocycles. The maximum Gasteiger partial charge on any atom is 0.147 e. The van der Waals surface area contributed by atoms with Gasteiger partial charge in [-0.2, -0.15) is 5.26 Å². The van der Waals surface area contributed by atoms with E-state index in [1.165, 1.54) is 0 Å². The molecule has 0 atom stereocenters. The van der Waals surface area contributed by atoms with Crippen LogP contribution < -0.4 is 0 Å². The van der Waals surface area contributed by atoms with Gasteiger partial charge in [0.15, 0.2) is 0 Å². The molecule has 0 saturated carbocycles. The molecular formula is C11H10BrNO. The zero-order chi connectivity index (χ0) is 10.6. The van der Waals surface area contributed by atoms with Crippen LogP contribution in [0, 0.1) is 18.3 Å². The summed E-state index contributed by atoms with van der Waals surface area (Å²) >= 11 is 3.12. The van der Waals surface area contributed by atoms with Crippen LogP contribution in [0.2, 0.25) is 0 Å². The molecule has 0 aliphatic carbocycles. The van der Waals surface area contributed by atoms with Crippen LogP contribution in [-0.2, 0) is 11.2 Å². The zero-order valence-electron chi connectivity index (χ0n) is 7.88. The third kappa shape index (κ3) is 2.68. The Morgan fingerprint density at radius 3 is 2.86 bits per heavy atom. The average molecular weight is 252 g/mol. The fourth-order valence-corrected chi connectivity index (χ4v) is 1.39. The Kier molecular flexibility index (Phi) is 3.84. The molecule has 14 heavy (non-hydrogen) atoms. The van der Waals surface area contributed by atoms with Gasteiger partial charge in [-0.25, -0.2) is 0 Å². The van der Waals surface area contributed by atoms with Crippen molar-refractivity contribution < 1.29 is 4.79 Å². The molecular weight excluding hydrogens is 242 g/mol. The zero-order valence-corrected chi connectivity index (χ0v) is 9.47. The summed E-state index contributed by atoms with van der Waals surface area (Å²) in [7, 11) is 0. The molecule has 0 heterocycles. The lowest BCUT2D eigenvalue weighted by Gasteiger charge is -2.03. The second kappa shape index (κ2) is 4.92.